The standard InChI is InChI=1S/C27H24ClFN6O/c1-5-21(36)35-9-8-34(13-15(35)3)27-17(11-30)12-31-26-18(27)10-19(28)24(25(26)29)22-14(2)6-7-20-23(22)16(4)32-33-20/h5-7,10,12,15H,1,8-9,13H2,2-4H3,(H,32,33). The number of pyridine rings is 1. The average molecular weight is 503 g/mol. The molecule has 9 heteroatoms. The van der Waals surface area contributed by atoms with Crippen molar-refractivity contribution in [2.24, 2.45) is 0 Å². The van der Waals surface area contributed by atoms with E-state index in [9.17, 15) is 10.1 Å². The van der Waals surface area contributed by atoms with Gasteiger partial charge in [0.25, 0.3) is 0 Å². The molecule has 36 heavy (non-hydrogen) atoms. The first-order valence-corrected chi connectivity index (χ1v) is 12.0. The number of benzene rings is 2. The molecule has 3 heterocycles. The van der Waals surface area contributed by atoms with Crippen molar-refractivity contribution in [3.63, 3.8) is 0 Å². The molecule has 1 aliphatic rings. The van der Waals surface area contributed by atoms with E-state index >= 15 is 4.39 Å². The Morgan fingerprint density at radius 1 is 1.33 bits per heavy atom. The zero-order chi connectivity index (χ0) is 25.7. The van der Waals surface area contributed by atoms with E-state index in [1.54, 1.807) is 11.0 Å². The first kappa shape index (κ1) is 23.8. The van der Waals surface area contributed by atoms with Crippen LogP contribution in [-0.2, 0) is 4.79 Å². The fourth-order valence-corrected chi connectivity index (χ4v) is 5.49. The van der Waals surface area contributed by atoms with Gasteiger partial charge in [-0.15, -0.1) is 0 Å². The first-order chi connectivity index (χ1) is 17.3. The van der Waals surface area contributed by atoms with Gasteiger partial charge in [-0.3, -0.25) is 14.9 Å². The lowest BCUT2D eigenvalue weighted by Gasteiger charge is -2.41. The quantitative estimate of drug-likeness (QED) is 0.385. The van der Waals surface area contributed by atoms with Crippen molar-refractivity contribution >= 4 is 45.0 Å². The lowest BCUT2D eigenvalue weighted by Crippen LogP contribution is -2.53. The fourth-order valence-electron chi connectivity index (χ4n) is 5.20. The zero-order valence-corrected chi connectivity index (χ0v) is 20.9. The third kappa shape index (κ3) is 3.59. The van der Waals surface area contributed by atoms with Crippen molar-refractivity contribution in [1.82, 2.24) is 20.1 Å². The smallest absolute Gasteiger partial charge is 0.246 e. The van der Waals surface area contributed by atoms with Crippen LogP contribution in [0.25, 0.3) is 32.9 Å². The molecule has 4 aromatic rings. The van der Waals surface area contributed by atoms with Gasteiger partial charge in [-0.05, 0) is 44.5 Å². The molecule has 1 saturated heterocycles. The molecule has 0 aliphatic carbocycles. The number of aryl methyl sites for hydroxylation is 2. The van der Waals surface area contributed by atoms with Gasteiger partial charge in [-0.25, -0.2) is 4.39 Å². The summed E-state index contributed by atoms with van der Waals surface area (Å²) in [7, 11) is 0. The Morgan fingerprint density at radius 3 is 2.81 bits per heavy atom. The number of piperazine rings is 1. The number of amides is 1. The topological polar surface area (TPSA) is 88.9 Å². The molecule has 7 nitrogen and oxygen atoms in total. The van der Waals surface area contributed by atoms with Crippen LogP contribution in [0.3, 0.4) is 0 Å². The zero-order valence-electron chi connectivity index (χ0n) is 20.2. The molecule has 2 aromatic carbocycles. The van der Waals surface area contributed by atoms with Crippen LogP contribution < -0.4 is 4.90 Å². The Kier molecular flexibility index (Phi) is 5.89. The average Bonchev–Trinajstić information content (AvgIpc) is 3.24. The van der Waals surface area contributed by atoms with Gasteiger partial charge in [-0.1, -0.05) is 24.2 Å². The van der Waals surface area contributed by atoms with Gasteiger partial charge in [0.15, 0.2) is 5.82 Å². The van der Waals surface area contributed by atoms with Gasteiger partial charge in [0.2, 0.25) is 5.91 Å². The second-order valence-electron chi connectivity index (χ2n) is 9.11. The van der Waals surface area contributed by atoms with Crippen molar-refractivity contribution < 1.29 is 9.18 Å². The summed E-state index contributed by atoms with van der Waals surface area (Å²) in [6.07, 6.45) is 2.70. The highest BCUT2D eigenvalue weighted by molar-refractivity contribution is 6.35. The molecule has 182 valence electrons. The van der Waals surface area contributed by atoms with E-state index in [1.807, 2.05) is 37.8 Å². The van der Waals surface area contributed by atoms with Crippen LogP contribution >= 0.6 is 11.6 Å². The number of fused-ring (bicyclic) bond motifs is 2. The van der Waals surface area contributed by atoms with Gasteiger partial charge in [-0.2, -0.15) is 10.4 Å². The lowest BCUT2D eigenvalue weighted by molar-refractivity contribution is -0.128. The molecular formula is C27H24ClFN6O. The number of carbonyl (C=O) groups is 1. The van der Waals surface area contributed by atoms with Crippen molar-refractivity contribution in [1.29, 1.82) is 5.26 Å². The number of aromatic nitrogens is 3. The monoisotopic (exact) mass is 502 g/mol. The summed E-state index contributed by atoms with van der Waals surface area (Å²) in [6.45, 7) is 10.7. The van der Waals surface area contributed by atoms with Gasteiger partial charge in [0.05, 0.1) is 21.8 Å². The minimum absolute atomic E-state index is 0.122. The van der Waals surface area contributed by atoms with Crippen molar-refractivity contribution in [2.75, 3.05) is 24.5 Å². The summed E-state index contributed by atoms with van der Waals surface area (Å²) in [5.74, 6) is -0.687. The number of halogens is 2. The molecular weight excluding hydrogens is 479 g/mol. The number of carbonyl (C=O) groups excluding carboxylic acids is 1. The largest absolute Gasteiger partial charge is 0.366 e. The third-order valence-electron chi connectivity index (χ3n) is 6.91. The second-order valence-corrected chi connectivity index (χ2v) is 9.51. The van der Waals surface area contributed by atoms with Crippen LogP contribution in [-0.4, -0.2) is 51.7 Å². The van der Waals surface area contributed by atoms with Crippen LogP contribution in [0.2, 0.25) is 5.02 Å². The molecule has 5 rings (SSSR count). The van der Waals surface area contributed by atoms with E-state index < -0.39 is 5.82 Å². The van der Waals surface area contributed by atoms with E-state index in [2.05, 4.69) is 27.8 Å². The van der Waals surface area contributed by atoms with Crippen molar-refractivity contribution in [3.05, 3.63) is 64.7 Å². The first-order valence-electron chi connectivity index (χ1n) is 11.6. The number of nitrogens with one attached hydrogen (secondary N) is 1. The number of hydrogen-bond donors (Lipinski definition) is 1. The number of rotatable bonds is 3. The van der Waals surface area contributed by atoms with Crippen LogP contribution in [0.15, 0.2) is 37.1 Å². The van der Waals surface area contributed by atoms with E-state index in [4.69, 9.17) is 11.6 Å². The molecule has 1 unspecified atom stereocenters. The fraction of sp³-hybridized carbons (Fsp3) is 0.259. The van der Waals surface area contributed by atoms with E-state index in [-0.39, 0.29) is 28.1 Å². The highest BCUT2D eigenvalue weighted by atomic mass is 35.5. The van der Waals surface area contributed by atoms with Crippen LogP contribution in [0.5, 0.6) is 0 Å². The molecule has 1 amide bonds. The predicted molar refractivity (Wildman–Crippen MR) is 140 cm³/mol. The summed E-state index contributed by atoms with van der Waals surface area (Å²) in [5.41, 5.74) is 4.35. The van der Waals surface area contributed by atoms with Crippen molar-refractivity contribution in [2.45, 2.75) is 26.8 Å². The van der Waals surface area contributed by atoms with Crippen LogP contribution in [0.1, 0.15) is 23.7 Å². The number of nitrogens with zero attached hydrogens (tertiary/aromatic N) is 5. The third-order valence-corrected chi connectivity index (χ3v) is 7.21. The maximum absolute atomic E-state index is 16.3. The van der Waals surface area contributed by atoms with Crippen molar-refractivity contribution in [3.8, 4) is 17.2 Å². The van der Waals surface area contributed by atoms with E-state index in [0.717, 1.165) is 22.2 Å². The summed E-state index contributed by atoms with van der Waals surface area (Å²) >= 11 is 6.79. The minimum atomic E-state index is -0.548. The summed E-state index contributed by atoms with van der Waals surface area (Å²) in [6, 6.07) is 7.54. The number of H-pyrrole nitrogens is 1. The summed E-state index contributed by atoms with van der Waals surface area (Å²) in [4.78, 5) is 20.3. The number of nitriles is 1. The second kappa shape index (κ2) is 8.92. The van der Waals surface area contributed by atoms with E-state index in [1.165, 1.54) is 12.3 Å². The molecule has 0 saturated carbocycles. The van der Waals surface area contributed by atoms with Crippen LogP contribution in [0.4, 0.5) is 10.1 Å². The van der Waals surface area contributed by atoms with Gasteiger partial charge >= 0.3 is 0 Å². The summed E-state index contributed by atoms with van der Waals surface area (Å²) < 4.78 is 16.3. The van der Waals surface area contributed by atoms with Gasteiger partial charge in [0.1, 0.15) is 11.6 Å². The lowest BCUT2D eigenvalue weighted by atomic mass is 9.93. The highest BCUT2D eigenvalue weighted by Gasteiger charge is 2.30. The molecule has 0 radical (unpaired) electrons. The predicted octanol–water partition coefficient (Wildman–Crippen LogP) is 5.28. The van der Waals surface area contributed by atoms with Gasteiger partial charge < -0.3 is 9.80 Å². The molecule has 0 spiro atoms. The molecule has 1 atom stereocenters. The Balaban J connectivity index is 1.71. The van der Waals surface area contributed by atoms with Gasteiger partial charge in [0, 0.05) is 59.5 Å². The molecule has 1 aliphatic heterocycles. The maximum Gasteiger partial charge on any atom is 0.246 e. The number of hydrogen-bond acceptors (Lipinski definition) is 5. The number of aromatic amines is 1. The number of anilines is 1. The normalized spacial score (nSPS) is 15.9. The Morgan fingerprint density at radius 2 is 2.11 bits per heavy atom. The summed E-state index contributed by atoms with van der Waals surface area (Å²) in [5, 5.41) is 18.6. The SMILES string of the molecule is C=CC(=O)N1CCN(c2c(C#N)cnc3c(F)c(-c4c(C)ccc5n[nH]c(C)c45)c(Cl)cc23)CC1C. The van der Waals surface area contributed by atoms with E-state index in [0.29, 0.717) is 41.8 Å². The maximum atomic E-state index is 16.3. The molecule has 0 bridgehead atoms. The Labute approximate surface area is 212 Å². The van der Waals surface area contributed by atoms with Crippen LogP contribution in [0, 0.1) is 31.0 Å². The Bertz CT molecular complexity index is 1600. The molecule has 2 aromatic heterocycles. The minimum Gasteiger partial charge on any atom is -0.366 e. The molecule has 1 fully saturated rings. The highest BCUT2D eigenvalue weighted by Crippen LogP contribution is 2.43. The molecule has 1 N–H and O–H groups in total. The Hall–Kier alpha value is -3.96.